The van der Waals surface area contributed by atoms with E-state index in [2.05, 4.69) is 15.5 Å². The van der Waals surface area contributed by atoms with Crippen LogP contribution in [0.25, 0.3) is 11.5 Å². The summed E-state index contributed by atoms with van der Waals surface area (Å²) in [5.41, 5.74) is 3.30. The summed E-state index contributed by atoms with van der Waals surface area (Å²) in [6.07, 6.45) is 0. The molecule has 0 spiro atoms. The lowest BCUT2D eigenvalue weighted by molar-refractivity contribution is 0.102. The fourth-order valence-corrected chi connectivity index (χ4v) is 2.87. The van der Waals surface area contributed by atoms with Gasteiger partial charge in [0.25, 0.3) is 5.91 Å². The Bertz CT molecular complexity index is 1150. The van der Waals surface area contributed by atoms with Crippen molar-refractivity contribution < 1.29 is 13.9 Å². The molecular formula is C23H19N3O3. The predicted octanol–water partition coefficient (Wildman–Crippen LogP) is 5.40. The van der Waals surface area contributed by atoms with E-state index in [-0.39, 0.29) is 6.01 Å². The van der Waals surface area contributed by atoms with Crippen LogP contribution in [-0.2, 0) is 0 Å². The van der Waals surface area contributed by atoms with Gasteiger partial charge in [-0.15, -0.1) is 5.10 Å². The number of aryl methyl sites for hydroxylation is 2. The van der Waals surface area contributed by atoms with E-state index in [0.29, 0.717) is 23.0 Å². The largest absolute Gasteiger partial charge is 0.457 e. The molecular weight excluding hydrogens is 366 g/mol. The van der Waals surface area contributed by atoms with Gasteiger partial charge in [-0.2, -0.15) is 0 Å². The molecule has 29 heavy (non-hydrogen) atoms. The summed E-state index contributed by atoms with van der Waals surface area (Å²) < 4.78 is 11.5. The lowest BCUT2D eigenvalue weighted by Crippen LogP contribution is -2.13. The lowest BCUT2D eigenvalue weighted by atomic mass is 10.1. The third-order valence-corrected chi connectivity index (χ3v) is 4.37. The van der Waals surface area contributed by atoms with Gasteiger partial charge in [0.1, 0.15) is 11.5 Å². The van der Waals surface area contributed by atoms with Gasteiger partial charge >= 0.3 is 6.01 Å². The van der Waals surface area contributed by atoms with Crippen molar-refractivity contribution in [3.8, 4) is 23.0 Å². The second kappa shape index (κ2) is 7.98. The molecule has 0 fully saturated rings. The van der Waals surface area contributed by atoms with Crippen LogP contribution in [0.1, 0.15) is 21.5 Å². The number of carbonyl (C=O) groups is 1. The second-order valence-electron chi connectivity index (χ2n) is 6.60. The maximum Gasteiger partial charge on any atom is 0.322 e. The van der Waals surface area contributed by atoms with Crippen LogP contribution in [0.2, 0.25) is 0 Å². The van der Waals surface area contributed by atoms with E-state index < -0.39 is 5.91 Å². The number of nitrogens with zero attached hydrogens (tertiary/aromatic N) is 2. The van der Waals surface area contributed by atoms with E-state index >= 15 is 0 Å². The molecule has 6 nitrogen and oxygen atoms in total. The fourth-order valence-electron chi connectivity index (χ4n) is 2.87. The van der Waals surface area contributed by atoms with Crippen LogP contribution in [0.5, 0.6) is 11.5 Å². The van der Waals surface area contributed by atoms with Crippen LogP contribution in [0.15, 0.2) is 77.2 Å². The fraction of sp³-hybridized carbons (Fsp3) is 0.0870. The van der Waals surface area contributed by atoms with Gasteiger partial charge in [0.15, 0.2) is 0 Å². The van der Waals surface area contributed by atoms with E-state index in [4.69, 9.17) is 9.15 Å². The zero-order valence-electron chi connectivity index (χ0n) is 16.0. The number of anilines is 1. The number of carbonyl (C=O) groups excluding carboxylic acids is 1. The molecule has 0 unspecified atom stereocenters. The van der Waals surface area contributed by atoms with Gasteiger partial charge in [0, 0.05) is 5.56 Å². The van der Waals surface area contributed by atoms with Gasteiger partial charge in [-0.05, 0) is 49.7 Å². The van der Waals surface area contributed by atoms with Crippen molar-refractivity contribution in [2.24, 2.45) is 0 Å². The van der Waals surface area contributed by atoms with Crippen molar-refractivity contribution >= 4 is 11.9 Å². The van der Waals surface area contributed by atoms with E-state index in [1.807, 2.05) is 62.4 Å². The van der Waals surface area contributed by atoms with Crippen molar-refractivity contribution in [2.45, 2.75) is 13.8 Å². The summed E-state index contributed by atoms with van der Waals surface area (Å²) in [5.74, 6) is 1.04. The maximum atomic E-state index is 12.8. The number of benzene rings is 3. The quantitative estimate of drug-likeness (QED) is 0.498. The molecule has 1 aromatic heterocycles. The predicted molar refractivity (Wildman–Crippen MR) is 110 cm³/mol. The normalized spacial score (nSPS) is 10.6. The minimum Gasteiger partial charge on any atom is -0.457 e. The molecule has 0 radical (unpaired) electrons. The van der Waals surface area contributed by atoms with Crippen LogP contribution in [-0.4, -0.2) is 16.1 Å². The van der Waals surface area contributed by atoms with Gasteiger partial charge in [-0.25, -0.2) is 0 Å². The standard InChI is InChI=1S/C23H19N3O3/c1-15-12-13-16(2)19(14-15)22-25-26-23(29-22)24-21(27)18-10-6-7-11-20(18)28-17-8-4-3-5-9-17/h3-14H,1-2H3,(H,24,26,27). The van der Waals surface area contributed by atoms with Crippen LogP contribution in [0, 0.1) is 13.8 Å². The van der Waals surface area contributed by atoms with Crippen molar-refractivity contribution in [3.05, 3.63) is 89.5 Å². The van der Waals surface area contributed by atoms with Crippen LogP contribution in [0.3, 0.4) is 0 Å². The van der Waals surface area contributed by atoms with Crippen LogP contribution < -0.4 is 10.1 Å². The topological polar surface area (TPSA) is 77.2 Å². The van der Waals surface area contributed by atoms with Gasteiger partial charge in [-0.3, -0.25) is 10.1 Å². The molecule has 4 rings (SSSR count). The highest BCUT2D eigenvalue weighted by Crippen LogP contribution is 2.27. The summed E-state index contributed by atoms with van der Waals surface area (Å²) in [6.45, 7) is 3.96. The number of para-hydroxylation sites is 2. The molecule has 3 aromatic carbocycles. The van der Waals surface area contributed by atoms with Gasteiger partial charge in [0.2, 0.25) is 5.89 Å². The summed E-state index contributed by atoms with van der Waals surface area (Å²) in [7, 11) is 0. The smallest absolute Gasteiger partial charge is 0.322 e. The first kappa shape index (κ1) is 18.4. The zero-order chi connectivity index (χ0) is 20.2. The SMILES string of the molecule is Cc1ccc(C)c(-c2nnc(NC(=O)c3ccccc3Oc3ccccc3)o2)c1. The molecule has 0 saturated heterocycles. The monoisotopic (exact) mass is 385 g/mol. The first-order valence-electron chi connectivity index (χ1n) is 9.14. The molecule has 1 amide bonds. The minimum atomic E-state index is -0.396. The van der Waals surface area contributed by atoms with E-state index in [9.17, 15) is 4.79 Å². The van der Waals surface area contributed by atoms with Gasteiger partial charge in [-0.1, -0.05) is 53.1 Å². The third-order valence-electron chi connectivity index (χ3n) is 4.37. The average molecular weight is 385 g/mol. The number of aromatic nitrogens is 2. The first-order chi connectivity index (χ1) is 14.1. The van der Waals surface area contributed by atoms with E-state index in [1.165, 1.54) is 0 Å². The molecule has 4 aromatic rings. The summed E-state index contributed by atoms with van der Waals surface area (Å²) in [6, 6.07) is 22.3. The molecule has 0 bridgehead atoms. The Balaban J connectivity index is 1.55. The highest BCUT2D eigenvalue weighted by molar-refractivity contribution is 6.05. The maximum absolute atomic E-state index is 12.8. The molecule has 0 aliphatic carbocycles. The number of rotatable bonds is 5. The number of hydrogen-bond donors (Lipinski definition) is 1. The van der Waals surface area contributed by atoms with Gasteiger partial charge < -0.3 is 9.15 Å². The molecule has 0 aliphatic heterocycles. The van der Waals surface area contributed by atoms with Crippen molar-refractivity contribution in [2.75, 3.05) is 5.32 Å². The molecule has 0 aliphatic rings. The Morgan fingerprint density at radius 2 is 1.69 bits per heavy atom. The Morgan fingerprint density at radius 3 is 2.52 bits per heavy atom. The third kappa shape index (κ3) is 4.16. The summed E-state index contributed by atoms with van der Waals surface area (Å²) >= 11 is 0. The number of ether oxygens (including phenoxy) is 1. The highest BCUT2D eigenvalue weighted by Gasteiger charge is 2.17. The second-order valence-corrected chi connectivity index (χ2v) is 6.60. The molecule has 0 atom stereocenters. The van der Waals surface area contributed by atoms with Crippen molar-refractivity contribution in [1.29, 1.82) is 0 Å². The Morgan fingerprint density at radius 1 is 0.931 bits per heavy atom. The lowest BCUT2D eigenvalue weighted by Gasteiger charge is -2.10. The van der Waals surface area contributed by atoms with E-state index in [1.54, 1.807) is 24.3 Å². The Hall–Kier alpha value is -3.93. The Kier molecular flexibility index (Phi) is 5.07. The van der Waals surface area contributed by atoms with Gasteiger partial charge in [0.05, 0.1) is 5.56 Å². The first-order valence-corrected chi connectivity index (χ1v) is 9.14. The number of amides is 1. The Labute approximate surface area is 168 Å². The van der Waals surface area contributed by atoms with Crippen molar-refractivity contribution in [3.63, 3.8) is 0 Å². The van der Waals surface area contributed by atoms with E-state index in [0.717, 1.165) is 16.7 Å². The van der Waals surface area contributed by atoms with Crippen LogP contribution >= 0.6 is 0 Å². The summed E-state index contributed by atoms with van der Waals surface area (Å²) in [4.78, 5) is 12.8. The minimum absolute atomic E-state index is 0.0282. The zero-order valence-corrected chi connectivity index (χ0v) is 16.0. The molecule has 1 heterocycles. The molecule has 6 heteroatoms. The molecule has 0 saturated carbocycles. The summed E-state index contributed by atoms with van der Waals surface area (Å²) in [5, 5.41) is 10.7. The number of nitrogens with one attached hydrogen (secondary N) is 1. The van der Waals surface area contributed by atoms with Crippen molar-refractivity contribution in [1.82, 2.24) is 10.2 Å². The highest BCUT2D eigenvalue weighted by atomic mass is 16.5. The number of hydrogen-bond acceptors (Lipinski definition) is 5. The van der Waals surface area contributed by atoms with Crippen LogP contribution in [0.4, 0.5) is 6.01 Å². The molecule has 1 N–H and O–H groups in total. The molecule has 144 valence electrons. The average Bonchev–Trinajstić information content (AvgIpc) is 3.19.